The van der Waals surface area contributed by atoms with Crippen LogP contribution in [0.4, 0.5) is 5.69 Å². The van der Waals surface area contributed by atoms with Crippen molar-refractivity contribution in [3.8, 4) is 11.3 Å². The average Bonchev–Trinajstić information content (AvgIpc) is 2.70. The highest BCUT2D eigenvalue weighted by atomic mass is 35.5. The second-order valence-corrected chi connectivity index (χ2v) is 6.86. The molecule has 4 rings (SSSR count). The van der Waals surface area contributed by atoms with Gasteiger partial charge >= 0.3 is 0 Å². The van der Waals surface area contributed by atoms with Gasteiger partial charge in [-0.05, 0) is 30.3 Å². The van der Waals surface area contributed by atoms with Gasteiger partial charge in [-0.15, -0.1) is 0 Å². The molecule has 1 heterocycles. The number of carbonyl (C=O) groups is 1. The van der Waals surface area contributed by atoms with Crippen molar-refractivity contribution in [2.45, 2.75) is 0 Å². The summed E-state index contributed by atoms with van der Waals surface area (Å²) in [6.07, 6.45) is 0. The zero-order valence-electron chi connectivity index (χ0n) is 14.1. The summed E-state index contributed by atoms with van der Waals surface area (Å²) in [5.74, 6) is -0.255. The summed E-state index contributed by atoms with van der Waals surface area (Å²) < 4.78 is 0. The topological polar surface area (TPSA) is 42.0 Å². The van der Waals surface area contributed by atoms with Crippen LogP contribution in [0.5, 0.6) is 0 Å². The van der Waals surface area contributed by atoms with Crippen molar-refractivity contribution in [1.82, 2.24) is 4.98 Å². The molecule has 0 aliphatic heterocycles. The second-order valence-electron chi connectivity index (χ2n) is 6.02. The lowest BCUT2D eigenvalue weighted by Gasteiger charge is -2.11. The summed E-state index contributed by atoms with van der Waals surface area (Å²) >= 11 is 12.1. The first-order chi connectivity index (χ1) is 13.1. The third-order valence-electron chi connectivity index (χ3n) is 4.21. The number of rotatable bonds is 3. The minimum atomic E-state index is -0.255. The van der Waals surface area contributed by atoms with Gasteiger partial charge in [0.1, 0.15) is 0 Å². The number of aromatic nitrogens is 1. The maximum Gasteiger partial charge on any atom is 0.256 e. The van der Waals surface area contributed by atoms with Crippen LogP contribution in [0, 0.1) is 0 Å². The summed E-state index contributed by atoms with van der Waals surface area (Å²) in [6, 6.07) is 24.1. The van der Waals surface area contributed by atoms with E-state index >= 15 is 0 Å². The van der Waals surface area contributed by atoms with Crippen molar-refractivity contribution in [3.05, 3.63) is 94.5 Å². The van der Waals surface area contributed by atoms with E-state index in [9.17, 15) is 4.79 Å². The summed E-state index contributed by atoms with van der Waals surface area (Å²) in [5.41, 5.74) is 3.48. The molecule has 0 aliphatic carbocycles. The molecule has 0 spiro atoms. The number of anilines is 1. The fourth-order valence-electron chi connectivity index (χ4n) is 2.90. The van der Waals surface area contributed by atoms with E-state index in [2.05, 4.69) is 5.32 Å². The number of fused-ring (bicyclic) bond motifs is 1. The largest absolute Gasteiger partial charge is 0.321 e. The number of halogens is 2. The molecule has 0 aliphatic rings. The SMILES string of the molecule is O=C(Nc1ccc(Cl)cc1Cl)c1cc(-c2ccccc2)nc2ccccc12. The lowest BCUT2D eigenvalue weighted by molar-refractivity contribution is 0.102. The molecule has 0 atom stereocenters. The molecule has 0 radical (unpaired) electrons. The molecule has 1 aromatic heterocycles. The zero-order valence-corrected chi connectivity index (χ0v) is 15.6. The maximum atomic E-state index is 13.0. The first-order valence-electron chi connectivity index (χ1n) is 8.33. The Kier molecular flexibility index (Phi) is 4.80. The first kappa shape index (κ1) is 17.5. The number of amides is 1. The van der Waals surface area contributed by atoms with Gasteiger partial charge in [0.2, 0.25) is 0 Å². The molecule has 0 saturated carbocycles. The van der Waals surface area contributed by atoms with Crippen LogP contribution in [-0.2, 0) is 0 Å². The minimum absolute atomic E-state index is 0.255. The van der Waals surface area contributed by atoms with Crippen LogP contribution in [0.2, 0.25) is 10.0 Å². The summed E-state index contributed by atoms with van der Waals surface area (Å²) in [6.45, 7) is 0. The Morgan fingerprint density at radius 2 is 1.59 bits per heavy atom. The van der Waals surface area contributed by atoms with Gasteiger partial charge in [-0.3, -0.25) is 4.79 Å². The number of nitrogens with zero attached hydrogens (tertiary/aromatic N) is 1. The van der Waals surface area contributed by atoms with Crippen molar-refractivity contribution in [2.24, 2.45) is 0 Å². The molecule has 3 aromatic carbocycles. The van der Waals surface area contributed by atoms with Crippen LogP contribution in [-0.4, -0.2) is 10.9 Å². The molecular formula is C22H14Cl2N2O. The maximum absolute atomic E-state index is 13.0. The van der Waals surface area contributed by atoms with E-state index < -0.39 is 0 Å². The van der Waals surface area contributed by atoms with Gasteiger partial charge < -0.3 is 5.32 Å². The van der Waals surface area contributed by atoms with Crippen molar-refractivity contribution in [1.29, 1.82) is 0 Å². The highest BCUT2D eigenvalue weighted by Crippen LogP contribution is 2.28. The number of carbonyl (C=O) groups excluding carboxylic acids is 1. The smallest absolute Gasteiger partial charge is 0.256 e. The van der Waals surface area contributed by atoms with Crippen molar-refractivity contribution < 1.29 is 4.79 Å². The fraction of sp³-hybridized carbons (Fsp3) is 0. The summed E-state index contributed by atoms with van der Waals surface area (Å²) in [5, 5.41) is 4.54. The fourth-order valence-corrected chi connectivity index (χ4v) is 3.36. The van der Waals surface area contributed by atoms with Crippen LogP contribution < -0.4 is 5.32 Å². The molecule has 0 bridgehead atoms. The predicted molar refractivity (Wildman–Crippen MR) is 112 cm³/mol. The molecule has 27 heavy (non-hydrogen) atoms. The number of pyridine rings is 1. The van der Waals surface area contributed by atoms with Gasteiger partial charge in [0.25, 0.3) is 5.91 Å². The quantitative estimate of drug-likeness (QED) is 0.434. The van der Waals surface area contributed by atoms with Crippen LogP contribution in [0.15, 0.2) is 78.9 Å². The third kappa shape index (κ3) is 3.65. The van der Waals surface area contributed by atoms with Gasteiger partial charge in [-0.1, -0.05) is 71.7 Å². The van der Waals surface area contributed by atoms with E-state index in [-0.39, 0.29) is 5.91 Å². The van der Waals surface area contributed by atoms with Gasteiger partial charge in [-0.2, -0.15) is 0 Å². The lowest BCUT2D eigenvalue weighted by atomic mass is 10.0. The van der Waals surface area contributed by atoms with E-state index in [4.69, 9.17) is 28.2 Å². The predicted octanol–water partition coefficient (Wildman–Crippen LogP) is 6.46. The van der Waals surface area contributed by atoms with E-state index in [1.165, 1.54) is 0 Å². The molecule has 1 N–H and O–H groups in total. The minimum Gasteiger partial charge on any atom is -0.321 e. The van der Waals surface area contributed by atoms with E-state index in [1.54, 1.807) is 24.3 Å². The van der Waals surface area contributed by atoms with Crippen molar-refractivity contribution in [3.63, 3.8) is 0 Å². The van der Waals surface area contributed by atoms with Crippen molar-refractivity contribution in [2.75, 3.05) is 5.32 Å². The van der Waals surface area contributed by atoms with Crippen LogP contribution in [0.25, 0.3) is 22.2 Å². The van der Waals surface area contributed by atoms with Crippen LogP contribution >= 0.6 is 23.2 Å². The normalized spacial score (nSPS) is 10.7. The first-order valence-corrected chi connectivity index (χ1v) is 9.09. The molecule has 0 saturated heterocycles. The highest BCUT2D eigenvalue weighted by molar-refractivity contribution is 6.37. The Morgan fingerprint density at radius 3 is 2.37 bits per heavy atom. The number of benzene rings is 3. The Labute approximate surface area is 166 Å². The highest BCUT2D eigenvalue weighted by Gasteiger charge is 2.15. The number of para-hydroxylation sites is 1. The van der Waals surface area contributed by atoms with Crippen molar-refractivity contribution >= 4 is 45.7 Å². The Morgan fingerprint density at radius 1 is 0.852 bits per heavy atom. The summed E-state index contributed by atoms with van der Waals surface area (Å²) in [4.78, 5) is 17.7. The molecule has 132 valence electrons. The molecule has 1 amide bonds. The summed E-state index contributed by atoms with van der Waals surface area (Å²) in [7, 11) is 0. The Balaban J connectivity index is 1.81. The Hall–Kier alpha value is -2.88. The van der Waals surface area contributed by atoms with Gasteiger partial charge in [-0.25, -0.2) is 4.98 Å². The number of nitrogens with one attached hydrogen (secondary N) is 1. The molecule has 4 aromatic rings. The molecule has 3 nitrogen and oxygen atoms in total. The average molecular weight is 393 g/mol. The van der Waals surface area contributed by atoms with Gasteiger partial charge in [0, 0.05) is 16.0 Å². The van der Waals surface area contributed by atoms with E-state index in [0.717, 1.165) is 22.2 Å². The van der Waals surface area contributed by atoms with Gasteiger partial charge in [0.05, 0.1) is 27.5 Å². The molecular weight excluding hydrogens is 379 g/mol. The van der Waals surface area contributed by atoms with Crippen LogP contribution in [0.3, 0.4) is 0 Å². The lowest BCUT2D eigenvalue weighted by Crippen LogP contribution is -2.13. The zero-order chi connectivity index (χ0) is 18.8. The number of hydrogen-bond donors (Lipinski definition) is 1. The molecule has 5 heteroatoms. The monoisotopic (exact) mass is 392 g/mol. The molecule has 0 fully saturated rings. The second kappa shape index (κ2) is 7.39. The third-order valence-corrected chi connectivity index (χ3v) is 4.76. The number of hydrogen-bond acceptors (Lipinski definition) is 2. The van der Waals surface area contributed by atoms with Crippen LogP contribution in [0.1, 0.15) is 10.4 Å². The van der Waals surface area contributed by atoms with Gasteiger partial charge in [0.15, 0.2) is 0 Å². The van der Waals surface area contributed by atoms with E-state index in [1.807, 2.05) is 54.6 Å². The Bertz CT molecular complexity index is 1140. The standard InChI is InChI=1S/C22H14Cl2N2O/c23-15-10-11-20(18(24)12-15)26-22(27)17-13-21(14-6-2-1-3-7-14)25-19-9-5-4-8-16(17)19/h1-13H,(H,26,27). The molecule has 0 unspecified atom stereocenters. The van der Waals surface area contributed by atoms with E-state index in [0.29, 0.717) is 21.3 Å².